The fraction of sp³-hybridized carbons (Fsp3) is 0.400. The van der Waals surface area contributed by atoms with Crippen LogP contribution in [-0.4, -0.2) is 43.8 Å². The number of carbonyl (C=O) groups is 2. The number of rotatable bonds is 13. The van der Waals surface area contributed by atoms with Crippen LogP contribution in [0.15, 0.2) is 46.9 Å². The minimum atomic E-state index is -0.380. The number of ether oxygens (including phenoxy) is 2. The smallest absolute Gasteiger partial charge is 0.261 e. The van der Waals surface area contributed by atoms with E-state index in [1.165, 1.54) is 0 Å². The zero-order valence-corrected chi connectivity index (χ0v) is 22.0. The lowest BCUT2D eigenvalue weighted by Crippen LogP contribution is -2.34. The Hall–Kier alpha value is -2.49. The second-order valence-corrected chi connectivity index (χ2v) is 8.96. The second kappa shape index (κ2) is 15.4. The number of carbonyl (C=O) groups excluding carboxylic acids is 2. The van der Waals surface area contributed by atoms with E-state index in [0.717, 1.165) is 36.6 Å². The molecule has 2 amide bonds. The van der Waals surface area contributed by atoms with Crippen LogP contribution in [0.25, 0.3) is 0 Å². The maximum absolute atomic E-state index is 12.9. The molecule has 0 aliphatic carbocycles. The summed E-state index contributed by atoms with van der Waals surface area (Å²) < 4.78 is 11.6. The Morgan fingerprint density at radius 2 is 1.82 bits per heavy atom. The van der Waals surface area contributed by atoms with E-state index in [4.69, 9.17) is 21.7 Å². The summed E-state index contributed by atoms with van der Waals surface area (Å²) in [6.45, 7) is 3.81. The van der Waals surface area contributed by atoms with Crippen molar-refractivity contribution in [1.82, 2.24) is 10.6 Å². The number of benzene rings is 2. The summed E-state index contributed by atoms with van der Waals surface area (Å²) >= 11 is 8.73. The van der Waals surface area contributed by atoms with Crippen molar-refractivity contribution in [2.24, 2.45) is 0 Å². The van der Waals surface area contributed by atoms with E-state index in [2.05, 4.69) is 38.8 Å². The molecule has 2 aromatic rings. The molecule has 0 spiro atoms. The van der Waals surface area contributed by atoms with Crippen molar-refractivity contribution in [1.29, 1.82) is 0 Å². The van der Waals surface area contributed by atoms with Gasteiger partial charge in [0.25, 0.3) is 11.8 Å². The molecule has 0 atom stereocenters. The van der Waals surface area contributed by atoms with Crippen LogP contribution in [0, 0.1) is 0 Å². The van der Waals surface area contributed by atoms with Gasteiger partial charge in [0, 0.05) is 36.0 Å². The summed E-state index contributed by atoms with van der Waals surface area (Å²) in [5.74, 6) is -0.0638. The molecule has 9 heteroatoms. The Balaban J connectivity index is 1.95. The highest BCUT2D eigenvalue weighted by atomic mass is 79.9. The molecule has 0 bridgehead atoms. The van der Waals surface area contributed by atoms with Crippen LogP contribution >= 0.6 is 28.1 Å². The summed E-state index contributed by atoms with van der Waals surface area (Å²) in [5, 5.41) is 8.61. The lowest BCUT2D eigenvalue weighted by molar-refractivity contribution is 0.0946. The molecule has 7 nitrogen and oxygen atoms in total. The van der Waals surface area contributed by atoms with Crippen LogP contribution in [0.5, 0.6) is 5.75 Å². The fourth-order valence-corrected chi connectivity index (χ4v) is 3.68. The number of hydrogen-bond donors (Lipinski definition) is 3. The molecule has 0 saturated carbocycles. The second-order valence-electron chi connectivity index (χ2n) is 7.64. The van der Waals surface area contributed by atoms with Gasteiger partial charge in [0.1, 0.15) is 5.75 Å². The first-order chi connectivity index (χ1) is 16.4. The molecular formula is C25H32BrN3O4S. The van der Waals surface area contributed by atoms with Gasteiger partial charge in [-0.1, -0.05) is 48.2 Å². The molecule has 0 aliphatic rings. The quantitative estimate of drug-likeness (QED) is 0.232. The third kappa shape index (κ3) is 9.79. The fourth-order valence-electron chi connectivity index (χ4n) is 3.11. The van der Waals surface area contributed by atoms with Gasteiger partial charge in [0.2, 0.25) is 0 Å². The molecular weight excluding hydrogens is 518 g/mol. The number of amides is 2. The van der Waals surface area contributed by atoms with Gasteiger partial charge < -0.3 is 20.1 Å². The molecule has 0 fully saturated rings. The predicted octanol–water partition coefficient (Wildman–Crippen LogP) is 5.30. The molecule has 0 aliphatic heterocycles. The number of methoxy groups -OCH3 is 1. The van der Waals surface area contributed by atoms with Crippen LogP contribution in [0.1, 0.15) is 59.7 Å². The Bertz CT molecular complexity index is 971. The molecule has 0 saturated heterocycles. The largest absolute Gasteiger partial charge is 0.493 e. The molecule has 2 aromatic carbocycles. The van der Waals surface area contributed by atoms with Gasteiger partial charge >= 0.3 is 0 Å². The van der Waals surface area contributed by atoms with Crippen molar-refractivity contribution in [3.05, 3.63) is 58.1 Å². The molecule has 0 unspecified atom stereocenters. The van der Waals surface area contributed by atoms with Crippen molar-refractivity contribution in [2.45, 2.75) is 39.0 Å². The average molecular weight is 551 g/mol. The van der Waals surface area contributed by atoms with Crippen LogP contribution in [0.4, 0.5) is 5.69 Å². The first-order valence-electron chi connectivity index (χ1n) is 11.4. The molecule has 3 N–H and O–H groups in total. The monoisotopic (exact) mass is 549 g/mol. The SMILES string of the molecule is CCCCCCOc1ccc(Br)cc1C(=O)NC(=S)Nc1cccc(C(=O)NCCCOC)c1. The zero-order chi connectivity index (χ0) is 24.8. The van der Waals surface area contributed by atoms with E-state index in [0.29, 0.717) is 42.3 Å². The molecule has 34 heavy (non-hydrogen) atoms. The number of unbranched alkanes of at least 4 members (excludes halogenated alkanes) is 3. The number of thiocarbonyl (C=S) groups is 1. The number of nitrogens with one attached hydrogen (secondary N) is 3. The molecule has 184 valence electrons. The van der Waals surface area contributed by atoms with E-state index >= 15 is 0 Å². The summed E-state index contributed by atoms with van der Waals surface area (Å²) in [7, 11) is 1.62. The Morgan fingerprint density at radius 3 is 2.59 bits per heavy atom. The van der Waals surface area contributed by atoms with Crippen molar-refractivity contribution < 1.29 is 19.1 Å². The number of halogens is 1. The zero-order valence-electron chi connectivity index (χ0n) is 19.6. The summed E-state index contributed by atoms with van der Waals surface area (Å²) in [6, 6.07) is 12.2. The Labute approximate surface area is 215 Å². The first kappa shape index (κ1) is 27.8. The Morgan fingerprint density at radius 1 is 1.00 bits per heavy atom. The molecule has 0 radical (unpaired) electrons. The van der Waals surface area contributed by atoms with E-state index in [9.17, 15) is 9.59 Å². The van der Waals surface area contributed by atoms with Crippen LogP contribution in [0.2, 0.25) is 0 Å². The van der Waals surface area contributed by atoms with Gasteiger partial charge in [0.15, 0.2) is 5.11 Å². The van der Waals surface area contributed by atoms with Gasteiger partial charge in [-0.05, 0) is 61.5 Å². The van der Waals surface area contributed by atoms with Gasteiger partial charge in [-0.3, -0.25) is 14.9 Å². The minimum absolute atomic E-state index is 0.122. The number of anilines is 1. The summed E-state index contributed by atoms with van der Waals surface area (Å²) in [6.07, 6.45) is 5.07. The maximum Gasteiger partial charge on any atom is 0.261 e. The van der Waals surface area contributed by atoms with Crippen LogP contribution < -0.4 is 20.7 Å². The molecule has 0 aromatic heterocycles. The van der Waals surface area contributed by atoms with E-state index in [1.54, 1.807) is 43.5 Å². The van der Waals surface area contributed by atoms with Gasteiger partial charge in [-0.25, -0.2) is 0 Å². The van der Waals surface area contributed by atoms with Crippen molar-refractivity contribution in [2.75, 3.05) is 32.2 Å². The normalized spacial score (nSPS) is 10.4. The minimum Gasteiger partial charge on any atom is -0.493 e. The third-order valence-corrected chi connectivity index (χ3v) is 5.56. The molecule has 2 rings (SSSR count). The van der Waals surface area contributed by atoms with Gasteiger partial charge in [-0.15, -0.1) is 0 Å². The van der Waals surface area contributed by atoms with Gasteiger partial charge in [-0.2, -0.15) is 0 Å². The first-order valence-corrected chi connectivity index (χ1v) is 12.6. The lowest BCUT2D eigenvalue weighted by atomic mass is 10.2. The average Bonchev–Trinajstić information content (AvgIpc) is 2.82. The van der Waals surface area contributed by atoms with Crippen molar-refractivity contribution in [3.8, 4) is 5.75 Å². The van der Waals surface area contributed by atoms with Gasteiger partial charge in [0.05, 0.1) is 12.2 Å². The van der Waals surface area contributed by atoms with Crippen LogP contribution in [-0.2, 0) is 4.74 Å². The highest BCUT2D eigenvalue weighted by Crippen LogP contribution is 2.24. The predicted molar refractivity (Wildman–Crippen MR) is 143 cm³/mol. The van der Waals surface area contributed by atoms with Crippen molar-refractivity contribution >= 4 is 50.8 Å². The standard InChI is InChI=1S/C25H32BrN3O4S/c1-3-4-5-6-15-33-22-12-11-19(26)17-21(22)24(31)29-25(34)28-20-10-7-9-18(16-20)23(30)27-13-8-14-32-2/h7,9-12,16-17H,3-6,8,13-15H2,1-2H3,(H,27,30)(H2,28,29,31,34). The third-order valence-electron chi connectivity index (χ3n) is 4.86. The van der Waals surface area contributed by atoms with E-state index in [1.807, 2.05) is 6.07 Å². The highest BCUT2D eigenvalue weighted by molar-refractivity contribution is 9.10. The highest BCUT2D eigenvalue weighted by Gasteiger charge is 2.15. The van der Waals surface area contributed by atoms with Crippen LogP contribution in [0.3, 0.4) is 0 Å². The Kier molecular flexibility index (Phi) is 12.6. The molecule has 0 heterocycles. The summed E-state index contributed by atoms with van der Waals surface area (Å²) in [5.41, 5.74) is 1.47. The summed E-state index contributed by atoms with van der Waals surface area (Å²) in [4.78, 5) is 25.2. The lowest BCUT2D eigenvalue weighted by Gasteiger charge is -2.14. The van der Waals surface area contributed by atoms with Crippen molar-refractivity contribution in [3.63, 3.8) is 0 Å². The maximum atomic E-state index is 12.9. The topological polar surface area (TPSA) is 88.7 Å². The van der Waals surface area contributed by atoms with E-state index < -0.39 is 0 Å². The van der Waals surface area contributed by atoms with E-state index in [-0.39, 0.29) is 16.9 Å². The number of hydrogen-bond acceptors (Lipinski definition) is 5.